The van der Waals surface area contributed by atoms with Crippen molar-refractivity contribution >= 4 is 11.9 Å². The molecule has 0 aliphatic heterocycles. The molecular weight excluding hydrogens is 288 g/mol. The number of nitrogens with zero attached hydrogens (tertiary/aromatic N) is 3. The number of carbonyl (C=O) groups excluding carboxylic acids is 1. The average Bonchev–Trinajstić information content (AvgIpc) is 2.97. The standard InChI is InChI=1S/C14H16N4O4/c1-22-9-10-4-2-3-5-11(10)13(19)15-6-7-18-8-12(14(20)21)16-17-18/h2-5,8H,6-7,9H2,1H3,(H,15,19)(H,20,21). The number of amides is 1. The number of benzene rings is 1. The molecule has 0 aliphatic rings. The molecule has 0 saturated heterocycles. The summed E-state index contributed by atoms with van der Waals surface area (Å²) in [6, 6.07) is 7.18. The van der Waals surface area contributed by atoms with E-state index in [0.717, 1.165) is 5.56 Å². The van der Waals surface area contributed by atoms with E-state index in [4.69, 9.17) is 9.84 Å². The zero-order valence-corrected chi connectivity index (χ0v) is 12.0. The first-order valence-electron chi connectivity index (χ1n) is 6.60. The normalized spacial score (nSPS) is 10.4. The summed E-state index contributed by atoms with van der Waals surface area (Å²) in [6.07, 6.45) is 1.31. The van der Waals surface area contributed by atoms with Gasteiger partial charge < -0.3 is 15.2 Å². The van der Waals surface area contributed by atoms with Crippen molar-refractivity contribution in [2.24, 2.45) is 0 Å². The zero-order chi connectivity index (χ0) is 15.9. The summed E-state index contributed by atoms with van der Waals surface area (Å²) in [5.41, 5.74) is 1.22. The molecule has 8 heteroatoms. The van der Waals surface area contributed by atoms with Gasteiger partial charge in [-0.3, -0.25) is 4.79 Å². The summed E-state index contributed by atoms with van der Waals surface area (Å²) < 4.78 is 6.43. The van der Waals surface area contributed by atoms with Gasteiger partial charge in [0.2, 0.25) is 0 Å². The maximum absolute atomic E-state index is 12.1. The molecule has 0 atom stereocenters. The van der Waals surface area contributed by atoms with Gasteiger partial charge in [0.15, 0.2) is 5.69 Å². The number of aromatic nitrogens is 3. The van der Waals surface area contributed by atoms with Crippen molar-refractivity contribution in [2.75, 3.05) is 13.7 Å². The smallest absolute Gasteiger partial charge is 0.358 e. The Kier molecular flexibility index (Phi) is 5.21. The number of methoxy groups -OCH3 is 1. The molecule has 0 radical (unpaired) electrons. The van der Waals surface area contributed by atoms with Crippen LogP contribution in [-0.2, 0) is 17.9 Å². The molecule has 1 aromatic carbocycles. The summed E-state index contributed by atoms with van der Waals surface area (Å²) in [4.78, 5) is 22.8. The molecule has 2 N–H and O–H groups in total. The van der Waals surface area contributed by atoms with Gasteiger partial charge in [0.05, 0.1) is 19.3 Å². The summed E-state index contributed by atoms with van der Waals surface area (Å²) in [7, 11) is 1.57. The lowest BCUT2D eigenvalue weighted by Crippen LogP contribution is -2.28. The second kappa shape index (κ2) is 7.32. The minimum absolute atomic E-state index is 0.128. The monoisotopic (exact) mass is 304 g/mol. The Labute approximate surface area is 126 Å². The van der Waals surface area contributed by atoms with E-state index in [0.29, 0.717) is 25.3 Å². The number of carboxylic acid groups (broad SMARTS) is 1. The lowest BCUT2D eigenvalue weighted by atomic mass is 10.1. The van der Waals surface area contributed by atoms with Crippen LogP contribution in [-0.4, -0.2) is 45.6 Å². The SMILES string of the molecule is COCc1ccccc1C(=O)NCCn1cc(C(=O)O)nn1. The summed E-state index contributed by atoms with van der Waals surface area (Å²) in [5, 5.41) is 18.7. The van der Waals surface area contributed by atoms with E-state index in [1.54, 1.807) is 19.2 Å². The van der Waals surface area contributed by atoms with E-state index < -0.39 is 5.97 Å². The van der Waals surface area contributed by atoms with E-state index in [2.05, 4.69) is 15.6 Å². The van der Waals surface area contributed by atoms with Crippen LogP contribution < -0.4 is 5.32 Å². The van der Waals surface area contributed by atoms with Crippen molar-refractivity contribution in [1.82, 2.24) is 20.3 Å². The minimum atomic E-state index is -1.14. The third-order valence-corrected chi connectivity index (χ3v) is 2.95. The van der Waals surface area contributed by atoms with Gasteiger partial charge in [0.25, 0.3) is 5.91 Å². The van der Waals surface area contributed by atoms with E-state index in [1.807, 2.05) is 12.1 Å². The fraction of sp³-hybridized carbons (Fsp3) is 0.286. The number of rotatable bonds is 7. The predicted molar refractivity (Wildman–Crippen MR) is 76.5 cm³/mol. The highest BCUT2D eigenvalue weighted by Gasteiger charge is 2.11. The highest BCUT2D eigenvalue weighted by molar-refractivity contribution is 5.95. The Morgan fingerprint density at radius 1 is 1.36 bits per heavy atom. The molecule has 1 amide bonds. The average molecular weight is 304 g/mol. The van der Waals surface area contributed by atoms with Crippen LogP contribution >= 0.6 is 0 Å². The number of carboxylic acids is 1. The van der Waals surface area contributed by atoms with Crippen molar-refractivity contribution in [1.29, 1.82) is 0 Å². The van der Waals surface area contributed by atoms with Crippen molar-refractivity contribution < 1.29 is 19.4 Å². The number of hydrogen-bond donors (Lipinski definition) is 2. The summed E-state index contributed by atoms with van der Waals surface area (Å²) in [6.45, 7) is 0.996. The number of aromatic carboxylic acids is 1. The predicted octanol–water partition coefficient (Wildman–Crippen LogP) is 0.553. The Morgan fingerprint density at radius 2 is 2.14 bits per heavy atom. The highest BCUT2D eigenvalue weighted by Crippen LogP contribution is 2.09. The summed E-state index contributed by atoms with van der Waals surface area (Å²) in [5.74, 6) is -1.35. The first-order valence-corrected chi connectivity index (χ1v) is 6.60. The molecule has 0 fully saturated rings. The first-order chi connectivity index (χ1) is 10.6. The molecule has 2 aromatic rings. The first kappa shape index (κ1) is 15.6. The van der Waals surface area contributed by atoms with Crippen LogP contribution in [0.3, 0.4) is 0 Å². The molecule has 8 nitrogen and oxygen atoms in total. The van der Waals surface area contributed by atoms with Crippen LogP contribution in [0.25, 0.3) is 0 Å². The Bertz CT molecular complexity index is 668. The number of carbonyl (C=O) groups is 2. The van der Waals surface area contributed by atoms with Gasteiger partial charge in [-0.25, -0.2) is 9.48 Å². The molecule has 1 heterocycles. The second-order valence-electron chi connectivity index (χ2n) is 4.52. The van der Waals surface area contributed by atoms with Gasteiger partial charge in [-0.05, 0) is 11.6 Å². The topological polar surface area (TPSA) is 106 Å². The van der Waals surface area contributed by atoms with Crippen molar-refractivity contribution in [3.8, 4) is 0 Å². The van der Waals surface area contributed by atoms with Gasteiger partial charge in [-0.15, -0.1) is 5.10 Å². The third kappa shape index (κ3) is 3.89. The molecule has 116 valence electrons. The van der Waals surface area contributed by atoms with Gasteiger partial charge in [-0.2, -0.15) is 0 Å². The number of hydrogen-bond acceptors (Lipinski definition) is 5. The maximum atomic E-state index is 12.1. The van der Waals surface area contributed by atoms with Crippen molar-refractivity contribution in [3.63, 3.8) is 0 Å². The van der Waals surface area contributed by atoms with Crippen LogP contribution in [0.4, 0.5) is 0 Å². The van der Waals surface area contributed by atoms with Crippen LogP contribution in [0.2, 0.25) is 0 Å². The molecule has 0 spiro atoms. The van der Waals surface area contributed by atoms with Crippen molar-refractivity contribution in [3.05, 3.63) is 47.3 Å². The van der Waals surface area contributed by atoms with Gasteiger partial charge >= 0.3 is 5.97 Å². The van der Waals surface area contributed by atoms with E-state index in [-0.39, 0.29) is 11.6 Å². The second-order valence-corrected chi connectivity index (χ2v) is 4.52. The van der Waals surface area contributed by atoms with Crippen LogP contribution in [0.15, 0.2) is 30.5 Å². The Hall–Kier alpha value is -2.74. The highest BCUT2D eigenvalue weighted by atomic mass is 16.5. The quantitative estimate of drug-likeness (QED) is 0.774. The molecule has 0 bridgehead atoms. The summed E-state index contributed by atoms with van der Waals surface area (Å²) >= 11 is 0. The minimum Gasteiger partial charge on any atom is -0.476 e. The Morgan fingerprint density at radius 3 is 2.82 bits per heavy atom. The van der Waals surface area contributed by atoms with E-state index in [9.17, 15) is 9.59 Å². The number of ether oxygens (including phenoxy) is 1. The van der Waals surface area contributed by atoms with Crippen LogP contribution in [0, 0.1) is 0 Å². The molecule has 0 unspecified atom stereocenters. The largest absolute Gasteiger partial charge is 0.476 e. The van der Waals surface area contributed by atoms with Crippen LogP contribution in [0.1, 0.15) is 26.4 Å². The molecule has 0 aliphatic carbocycles. The molecule has 1 aromatic heterocycles. The fourth-order valence-corrected chi connectivity index (χ4v) is 1.91. The van der Waals surface area contributed by atoms with Crippen LogP contribution in [0.5, 0.6) is 0 Å². The molecule has 22 heavy (non-hydrogen) atoms. The molecule has 2 rings (SSSR count). The lowest BCUT2D eigenvalue weighted by Gasteiger charge is -2.09. The fourth-order valence-electron chi connectivity index (χ4n) is 1.91. The van der Waals surface area contributed by atoms with E-state index >= 15 is 0 Å². The zero-order valence-electron chi connectivity index (χ0n) is 12.0. The molecule has 0 saturated carbocycles. The lowest BCUT2D eigenvalue weighted by molar-refractivity contribution is 0.0690. The van der Waals surface area contributed by atoms with Gasteiger partial charge in [-0.1, -0.05) is 23.4 Å². The van der Waals surface area contributed by atoms with Gasteiger partial charge in [0.1, 0.15) is 0 Å². The Balaban J connectivity index is 1.91. The third-order valence-electron chi connectivity index (χ3n) is 2.95. The van der Waals surface area contributed by atoms with Crippen molar-refractivity contribution in [2.45, 2.75) is 13.2 Å². The van der Waals surface area contributed by atoms with E-state index in [1.165, 1.54) is 10.9 Å². The number of nitrogens with one attached hydrogen (secondary N) is 1. The molecular formula is C14H16N4O4. The van der Waals surface area contributed by atoms with Gasteiger partial charge in [0, 0.05) is 19.2 Å². The maximum Gasteiger partial charge on any atom is 0.358 e.